The number of piperazine rings is 1. The van der Waals surface area contributed by atoms with Gasteiger partial charge in [-0.25, -0.2) is 0 Å². The Labute approximate surface area is 178 Å². The van der Waals surface area contributed by atoms with E-state index in [4.69, 9.17) is 4.74 Å². The van der Waals surface area contributed by atoms with Crippen LogP contribution in [0.3, 0.4) is 0 Å². The van der Waals surface area contributed by atoms with Crippen LogP contribution in [0.1, 0.15) is 22.9 Å². The summed E-state index contributed by atoms with van der Waals surface area (Å²) >= 11 is 0. The number of nitriles is 1. The fourth-order valence-electron chi connectivity index (χ4n) is 3.94. The number of methoxy groups -OCH3 is 1. The minimum Gasteiger partial charge on any atom is -0.356 e. The lowest BCUT2D eigenvalue weighted by Crippen LogP contribution is -2.60. The van der Waals surface area contributed by atoms with E-state index >= 15 is 0 Å². The molecule has 164 valence electrons. The van der Waals surface area contributed by atoms with Crippen LogP contribution in [0.5, 0.6) is 0 Å². The highest BCUT2D eigenvalue weighted by Gasteiger charge is 2.63. The molecule has 0 N–H and O–H groups in total. The Bertz CT molecular complexity index is 953. The smallest absolute Gasteiger partial charge is 0.356 e. The Morgan fingerprint density at radius 2 is 1.77 bits per heavy atom. The largest absolute Gasteiger partial charge is 0.430 e. The summed E-state index contributed by atoms with van der Waals surface area (Å²) < 4.78 is 47.4. The SMILES string of the molecule is COC(C(=O)N1CCN(C(C#N)c2cccnc2C)CC1)(c1ccccc1)C(F)(F)F. The zero-order chi connectivity index (χ0) is 22.6. The first kappa shape index (κ1) is 22.7. The molecule has 2 atom stereocenters. The van der Waals surface area contributed by atoms with E-state index in [1.54, 1.807) is 25.3 Å². The number of aryl methyl sites for hydroxylation is 1. The molecule has 3 rings (SSSR count). The Kier molecular flexibility index (Phi) is 6.62. The van der Waals surface area contributed by atoms with Crippen LogP contribution in [0.4, 0.5) is 13.2 Å². The number of alkyl halides is 3. The molecule has 6 nitrogen and oxygen atoms in total. The summed E-state index contributed by atoms with van der Waals surface area (Å²) in [7, 11) is 0.894. The minimum absolute atomic E-state index is 0.0460. The molecule has 2 aromatic rings. The van der Waals surface area contributed by atoms with Crippen LogP contribution in [0.2, 0.25) is 0 Å². The van der Waals surface area contributed by atoms with Gasteiger partial charge in [-0.05, 0) is 13.0 Å². The van der Waals surface area contributed by atoms with Gasteiger partial charge in [0.05, 0.1) is 6.07 Å². The van der Waals surface area contributed by atoms with Crippen molar-refractivity contribution < 1.29 is 22.7 Å². The molecule has 1 saturated heterocycles. The number of benzene rings is 1. The highest BCUT2D eigenvalue weighted by atomic mass is 19.4. The molecular formula is C22H23F3N4O2. The molecule has 2 unspecified atom stereocenters. The second kappa shape index (κ2) is 9.04. The number of carbonyl (C=O) groups excluding carboxylic acids is 1. The summed E-state index contributed by atoms with van der Waals surface area (Å²) in [6, 6.07) is 12.1. The van der Waals surface area contributed by atoms with Crippen molar-refractivity contribution >= 4 is 5.91 Å². The van der Waals surface area contributed by atoms with Crippen molar-refractivity contribution in [2.75, 3.05) is 33.3 Å². The van der Waals surface area contributed by atoms with Crippen LogP contribution in [0.15, 0.2) is 48.7 Å². The fourth-order valence-corrected chi connectivity index (χ4v) is 3.94. The molecule has 1 aliphatic heterocycles. The van der Waals surface area contributed by atoms with Gasteiger partial charge in [0, 0.05) is 56.3 Å². The van der Waals surface area contributed by atoms with E-state index in [1.807, 2.05) is 11.0 Å². The first-order chi connectivity index (χ1) is 14.8. The molecule has 1 aromatic carbocycles. The number of pyridine rings is 1. The lowest BCUT2D eigenvalue weighted by Gasteiger charge is -2.42. The molecule has 2 heterocycles. The maximum absolute atomic E-state index is 14.2. The summed E-state index contributed by atoms with van der Waals surface area (Å²) in [6.07, 6.45) is -3.31. The molecule has 0 spiro atoms. The Morgan fingerprint density at radius 1 is 1.13 bits per heavy atom. The maximum atomic E-state index is 14.2. The third-order valence-electron chi connectivity index (χ3n) is 5.62. The average Bonchev–Trinajstić information content (AvgIpc) is 2.76. The van der Waals surface area contributed by atoms with Gasteiger partial charge in [0.15, 0.2) is 0 Å². The van der Waals surface area contributed by atoms with Gasteiger partial charge in [-0.3, -0.25) is 14.7 Å². The fraction of sp³-hybridized carbons (Fsp3) is 0.409. The van der Waals surface area contributed by atoms with Gasteiger partial charge in [0.1, 0.15) is 6.04 Å². The van der Waals surface area contributed by atoms with Crippen molar-refractivity contribution in [2.24, 2.45) is 0 Å². The molecule has 0 saturated carbocycles. The lowest BCUT2D eigenvalue weighted by atomic mass is 9.90. The summed E-state index contributed by atoms with van der Waals surface area (Å²) in [5, 5.41) is 9.69. The molecular weight excluding hydrogens is 409 g/mol. The Hall–Kier alpha value is -2.96. The quantitative estimate of drug-likeness (QED) is 0.726. The van der Waals surface area contributed by atoms with E-state index in [-0.39, 0.29) is 31.7 Å². The number of aromatic nitrogens is 1. The molecule has 0 bridgehead atoms. The Balaban J connectivity index is 1.83. The first-order valence-electron chi connectivity index (χ1n) is 9.78. The average molecular weight is 432 g/mol. The van der Waals surface area contributed by atoms with E-state index in [1.165, 1.54) is 24.3 Å². The van der Waals surface area contributed by atoms with Gasteiger partial charge in [0.2, 0.25) is 0 Å². The number of rotatable bonds is 5. The molecule has 1 aliphatic rings. The molecule has 1 fully saturated rings. The number of amides is 1. The van der Waals surface area contributed by atoms with Crippen molar-refractivity contribution in [1.29, 1.82) is 5.26 Å². The second-order valence-electron chi connectivity index (χ2n) is 7.29. The van der Waals surface area contributed by atoms with E-state index in [2.05, 4.69) is 11.1 Å². The van der Waals surface area contributed by atoms with Gasteiger partial charge in [0.25, 0.3) is 11.5 Å². The lowest BCUT2D eigenvalue weighted by molar-refractivity contribution is -0.270. The third kappa shape index (κ3) is 4.13. The maximum Gasteiger partial charge on any atom is 0.430 e. The Morgan fingerprint density at radius 3 is 2.29 bits per heavy atom. The zero-order valence-electron chi connectivity index (χ0n) is 17.3. The van der Waals surface area contributed by atoms with Gasteiger partial charge < -0.3 is 9.64 Å². The van der Waals surface area contributed by atoms with E-state index in [0.29, 0.717) is 5.69 Å². The summed E-state index contributed by atoms with van der Waals surface area (Å²) in [6.45, 7) is 2.40. The molecule has 0 aliphatic carbocycles. The number of carbonyl (C=O) groups is 1. The first-order valence-corrected chi connectivity index (χ1v) is 9.78. The number of hydrogen-bond acceptors (Lipinski definition) is 5. The predicted octanol–water partition coefficient (Wildman–Crippen LogP) is 3.20. The number of hydrogen-bond donors (Lipinski definition) is 0. The van der Waals surface area contributed by atoms with Crippen LogP contribution in [0.25, 0.3) is 0 Å². The summed E-state index contributed by atoms with van der Waals surface area (Å²) in [5.74, 6) is -1.15. The normalized spacial score (nSPS) is 18.1. The molecule has 1 amide bonds. The topological polar surface area (TPSA) is 69.5 Å². The number of nitrogens with zero attached hydrogens (tertiary/aromatic N) is 4. The monoisotopic (exact) mass is 432 g/mol. The summed E-state index contributed by atoms with van der Waals surface area (Å²) in [4.78, 5) is 20.4. The molecule has 9 heteroatoms. The zero-order valence-corrected chi connectivity index (χ0v) is 17.3. The minimum atomic E-state index is -4.95. The van der Waals surface area contributed by atoms with E-state index < -0.39 is 23.7 Å². The molecule has 0 radical (unpaired) electrons. The van der Waals surface area contributed by atoms with E-state index in [9.17, 15) is 23.2 Å². The van der Waals surface area contributed by atoms with Crippen LogP contribution in [-0.4, -0.2) is 60.2 Å². The van der Waals surface area contributed by atoms with Crippen LogP contribution in [-0.2, 0) is 15.1 Å². The van der Waals surface area contributed by atoms with Crippen molar-refractivity contribution in [3.8, 4) is 6.07 Å². The highest BCUT2D eigenvalue weighted by Crippen LogP contribution is 2.43. The summed E-state index contributed by atoms with van der Waals surface area (Å²) in [5.41, 5.74) is -1.88. The van der Waals surface area contributed by atoms with Crippen molar-refractivity contribution in [1.82, 2.24) is 14.8 Å². The van der Waals surface area contributed by atoms with Gasteiger partial charge in [-0.15, -0.1) is 0 Å². The highest BCUT2D eigenvalue weighted by molar-refractivity contribution is 5.88. The van der Waals surface area contributed by atoms with Crippen molar-refractivity contribution in [3.63, 3.8) is 0 Å². The van der Waals surface area contributed by atoms with Crippen molar-refractivity contribution in [3.05, 3.63) is 65.5 Å². The molecule has 31 heavy (non-hydrogen) atoms. The van der Waals surface area contributed by atoms with Crippen LogP contribution >= 0.6 is 0 Å². The van der Waals surface area contributed by atoms with Gasteiger partial charge in [-0.1, -0.05) is 36.4 Å². The molecule has 1 aromatic heterocycles. The van der Waals surface area contributed by atoms with Crippen LogP contribution in [0, 0.1) is 18.3 Å². The van der Waals surface area contributed by atoms with Gasteiger partial charge in [-0.2, -0.15) is 18.4 Å². The standard InChI is InChI=1S/C22H23F3N4O2/c1-16-18(9-6-10-27-16)19(15-26)28-11-13-29(14-12-28)20(30)21(31-2,22(23,24)25)17-7-4-3-5-8-17/h3-10,19H,11-14H2,1-2H3. The van der Waals surface area contributed by atoms with Crippen LogP contribution < -0.4 is 0 Å². The second-order valence-corrected chi connectivity index (χ2v) is 7.29. The van der Waals surface area contributed by atoms with Gasteiger partial charge >= 0.3 is 6.18 Å². The third-order valence-corrected chi connectivity index (χ3v) is 5.62. The number of ether oxygens (including phenoxy) is 1. The number of halogens is 3. The van der Waals surface area contributed by atoms with E-state index in [0.717, 1.165) is 17.6 Å². The van der Waals surface area contributed by atoms with Crippen molar-refractivity contribution in [2.45, 2.75) is 24.7 Å². The predicted molar refractivity (Wildman–Crippen MR) is 107 cm³/mol.